The molecule has 0 aliphatic carbocycles. The monoisotopic (exact) mass is 346 g/mol. The molecular weight excluding hydrogens is 328 g/mol. The maximum absolute atomic E-state index is 9.68. The van der Waals surface area contributed by atoms with Crippen LogP contribution in [0.1, 0.15) is 18.4 Å². The smallest absolute Gasteiger partial charge is 0.223 e. The fraction of sp³-hybridized carbons (Fsp3) is 0.438. The number of nitrogens with two attached hydrogens (primary N) is 1. The molecule has 3 aliphatic heterocycles. The van der Waals surface area contributed by atoms with Gasteiger partial charge in [0.1, 0.15) is 17.1 Å². The Hall–Kier alpha value is -2.12. The molecular formula is C16H19ClN6O. The predicted octanol–water partition coefficient (Wildman–Crippen LogP) is 1.07. The van der Waals surface area contributed by atoms with Gasteiger partial charge in [-0.15, -0.1) is 0 Å². The fourth-order valence-electron chi connectivity index (χ4n) is 3.61. The van der Waals surface area contributed by atoms with Gasteiger partial charge >= 0.3 is 0 Å². The molecule has 0 saturated carbocycles. The lowest BCUT2D eigenvalue weighted by molar-refractivity contribution is 0.271. The van der Waals surface area contributed by atoms with Crippen LogP contribution in [0.5, 0.6) is 0 Å². The van der Waals surface area contributed by atoms with E-state index in [1.165, 1.54) is 5.57 Å². The van der Waals surface area contributed by atoms with E-state index < -0.39 is 0 Å². The van der Waals surface area contributed by atoms with Crippen LogP contribution in [0.3, 0.4) is 0 Å². The van der Waals surface area contributed by atoms with Crippen molar-refractivity contribution in [3.8, 4) is 0 Å². The normalized spacial score (nSPS) is 27.5. The standard InChI is InChI=1S/C16H19ClN6O/c1-8-9(4-20-14-11(8)2-3-19-14)5-23-6-10(7-24)12-13(17)21-16(18)22-15(12)23/h2-4,10-11,14,19,24H,5-7H2,1H3,(H2,18,21,22). The molecule has 24 heavy (non-hydrogen) atoms. The molecule has 3 unspecified atom stereocenters. The molecule has 0 aromatic carbocycles. The van der Waals surface area contributed by atoms with E-state index in [0.29, 0.717) is 30.0 Å². The van der Waals surface area contributed by atoms with Crippen LogP contribution < -0.4 is 16.0 Å². The average molecular weight is 347 g/mol. The summed E-state index contributed by atoms with van der Waals surface area (Å²) in [5, 5.41) is 13.2. The summed E-state index contributed by atoms with van der Waals surface area (Å²) in [5.41, 5.74) is 8.98. The van der Waals surface area contributed by atoms with E-state index in [1.807, 2.05) is 12.4 Å². The molecule has 4 N–H and O–H groups in total. The van der Waals surface area contributed by atoms with Gasteiger partial charge in [0.25, 0.3) is 0 Å². The first-order chi connectivity index (χ1) is 11.6. The Morgan fingerprint density at radius 1 is 1.46 bits per heavy atom. The summed E-state index contributed by atoms with van der Waals surface area (Å²) in [4.78, 5) is 15.1. The van der Waals surface area contributed by atoms with E-state index >= 15 is 0 Å². The zero-order valence-electron chi connectivity index (χ0n) is 13.3. The Labute approximate surface area is 144 Å². The second-order valence-corrected chi connectivity index (χ2v) is 6.71. The van der Waals surface area contributed by atoms with Crippen molar-refractivity contribution in [1.82, 2.24) is 15.3 Å². The van der Waals surface area contributed by atoms with Crippen molar-refractivity contribution in [3.05, 3.63) is 34.1 Å². The summed E-state index contributed by atoms with van der Waals surface area (Å²) in [6.45, 7) is 3.43. The van der Waals surface area contributed by atoms with E-state index in [1.54, 1.807) is 0 Å². The van der Waals surface area contributed by atoms with Crippen molar-refractivity contribution >= 4 is 29.6 Å². The number of aliphatic imine (C=N–C) groups is 1. The highest BCUT2D eigenvalue weighted by Crippen LogP contribution is 2.39. The lowest BCUT2D eigenvalue weighted by Crippen LogP contribution is -2.33. The highest BCUT2D eigenvalue weighted by atomic mass is 35.5. The molecule has 1 aromatic rings. The minimum Gasteiger partial charge on any atom is -0.396 e. The van der Waals surface area contributed by atoms with Crippen molar-refractivity contribution in [2.45, 2.75) is 19.0 Å². The maximum atomic E-state index is 9.68. The summed E-state index contributed by atoms with van der Waals surface area (Å²) in [7, 11) is 0. The first-order valence-corrected chi connectivity index (χ1v) is 8.30. The molecule has 126 valence electrons. The molecule has 0 saturated heterocycles. The summed E-state index contributed by atoms with van der Waals surface area (Å²) in [5.74, 6) is 1.05. The number of fused-ring (bicyclic) bond motifs is 2. The second kappa shape index (κ2) is 5.75. The predicted molar refractivity (Wildman–Crippen MR) is 94.2 cm³/mol. The van der Waals surface area contributed by atoms with Gasteiger partial charge in [0.05, 0.1) is 6.61 Å². The van der Waals surface area contributed by atoms with E-state index in [2.05, 4.69) is 38.2 Å². The van der Waals surface area contributed by atoms with Gasteiger partial charge in [-0.3, -0.25) is 4.99 Å². The van der Waals surface area contributed by atoms with Crippen LogP contribution in [-0.2, 0) is 0 Å². The van der Waals surface area contributed by atoms with Crippen LogP contribution >= 0.6 is 11.6 Å². The van der Waals surface area contributed by atoms with Crippen molar-refractivity contribution < 1.29 is 5.11 Å². The highest BCUT2D eigenvalue weighted by Gasteiger charge is 2.35. The third kappa shape index (κ3) is 2.35. The van der Waals surface area contributed by atoms with Gasteiger partial charge in [-0.05, 0) is 18.7 Å². The molecule has 0 amide bonds. The minimum absolute atomic E-state index is 0.0000258. The van der Waals surface area contributed by atoms with Crippen molar-refractivity contribution in [1.29, 1.82) is 0 Å². The fourth-order valence-corrected chi connectivity index (χ4v) is 3.94. The van der Waals surface area contributed by atoms with Gasteiger partial charge in [-0.2, -0.15) is 4.98 Å². The number of anilines is 2. The molecule has 0 spiro atoms. The first kappa shape index (κ1) is 15.4. The van der Waals surface area contributed by atoms with Crippen LogP contribution in [0, 0.1) is 5.92 Å². The Morgan fingerprint density at radius 3 is 3.08 bits per heavy atom. The van der Waals surface area contributed by atoms with Gasteiger partial charge in [0.2, 0.25) is 5.95 Å². The van der Waals surface area contributed by atoms with Crippen LogP contribution in [-0.4, -0.2) is 47.2 Å². The lowest BCUT2D eigenvalue weighted by Gasteiger charge is -2.27. The zero-order chi connectivity index (χ0) is 16.8. The number of nitrogens with one attached hydrogen (secondary N) is 1. The first-order valence-electron chi connectivity index (χ1n) is 7.92. The van der Waals surface area contributed by atoms with Crippen molar-refractivity contribution in [2.75, 3.05) is 30.3 Å². The summed E-state index contributed by atoms with van der Waals surface area (Å²) >= 11 is 6.23. The van der Waals surface area contributed by atoms with Gasteiger partial charge in [0, 0.05) is 36.7 Å². The van der Waals surface area contributed by atoms with Crippen LogP contribution in [0.25, 0.3) is 0 Å². The third-order valence-corrected chi connectivity index (χ3v) is 5.22. The van der Waals surface area contributed by atoms with Gasteiger partial charge in [-0.25, -0.2) is 4.98 Å². The van der Waals surface area contributed by atoms with E-state index in [9.17, 15) is 5.11 Å². The number of halogens is 1. The molecule has 8 heteroatoms. The Bertz CT molecular complexity index is 774. The largest absolute Gasteiger partial charge is 0.396 e. The maximum Gasteiger partial charge on any atom is 0.223 e. The number of nitrogen functional groups attached to an aromatic ring is 1. The third-order valence-electron chi connectivity index (χ3n) is 4.93. The summed E-state index contributed by atoms with van der Waals surface area (Å²) in [6, 6.07) is 0. The van der Waals surface area contributed by atoms with E-state index in [0.717, 1.165) is 11.1 Å². The number of hydrogen-bond acceptors (Lipinski definition) is 7. The number of aromatic nitrogens is 2. The topological polar surface area (TPSA) is 99.7 Å². The van der Waals surface area contributed by atoms with Gasteiger partial charge < -0.3 is 21.1 Å². The molecule has 3 atom stereocenters. The molecule has 0 fully saturated rings. The van der Waals surface area contributed by atoms with Crippen molar-refractivity contribution in [2.24, 2.45) is 10.9 Å². The number of rotatable bonds is 3. The molecule has 3 aliphatic rings. The number of aliphatic hydroxyl groups excluding tert-OH is 1. The average Bonchev–Trinajstić information content (AvgIpc) is 3.15. The van der Waals surface area contributed by atoms with Crippen LogP contribution in [0.15, 0.2) is 28.4 Å². The molecule has 1 aromatic heterocycles. The quantitative estimate of drug-likeness (QED) is 0.708. The Balaban J connectivity index is 1.66. The number of aliphatic hydroxyl groups is 1. The molecule has 0 radical (unpaired) electrons. The number of nitrogens with zero attached hydrogens (tertiary/aromatic N) is 4. The van der Waals surface area contributed by atoms with Gasteiger partial charge in [0.15, 0.2) is 0 Å². The summed E-state index contributed by atoms with van der Waals surface area (Å²) < 4.78 is 0. The van der Waals surface area contributed by atoms with Crippen LogP contribution in [0.4, 0.5) is 11.8 Å². The Morgan fingerprint density at radius 2 is 2.29 bits per heavy atom. The number of dihydropyridines is 1. The van der Waals surface area contributed by atoms with E-state index in [4.69, 9.17) is 17.3 Å². The van der Waals surface area contributed by atoms with E-state index in [-0.39, 0.29) is 24.6 Å². The molecule has 0 bridgehead atoms. The SMILES string of the molecule is CC1=C(CN2CC(CO)c3c(Cl)nc(N)nc32)C=NC2NC=CC12. The lowest BCUT2D eigenvalue weighted by atomic mass is 9.92. The van der Waals surface area contributed by atoms with Gasteiger partial charge in [-0.1, -0.05) is 23.3 Å². The highest BCUT2D eigenvalue weighted by molar-refractivity contribution is 6.30. The Kier molecular flexibility index (Phi) is 3.69. The summed E-state index contributed by atoms with van der Waals surface area (Å²) in [6.07, 6.45) is 6.13. The number of hydrogen-bond donors (Lipinski definition) is 3. The second-order valence-electron chi connectivity index (χ2n) is 6.35. The minimum atomic E-state index is -0.102. The molecule has 7 nitrogen and oxygen atoms in total. The molecule has 4 rings (SSSR count). The molecule has 4 heterocycles. The zero-order valence-corrected chi connectivity index (χ0v) is 14.0. The van der Waals surface area contributed by atoms with Crippen LogP contribution in [0.2, 0.25) is 5.15 Å². The van der Waals surface area contributed by atoms with Crippen molar-refractivity contribution in [3.63, 3.8) is 0 Å².